The first-order chi connectivity index (χ1) is 58.2. The Morgan fingerprint density at radius 1 is 0.446 bits per heavy atom. The predicted octanol–water partition coefficient (Wildman–Crippen LogP) is 23.8. The first kappa shape index (κ1) is 94.9. The molecular formula is C95H107BrCl2N12O9S2. The number of carbonyl (C=O) groups is 3. The lowest BCUT2D eigenvalue weighted by molar-refractivity contribution is 0.0513. The number of alkyl halides is 3. The van der Waals surface area contributed by atoms with Crippen LogP contribution in [0, 0.1) is 41.5 Å². The van der Waals surface area contributed by atoms with Crippen LogP contribution < -0.4 is 57.2 Å². The van der Waals surface area contributed by atoms with Gasteiger partial charge in [0, 0.05) is 150 Å². The largest absolute Gasteiger partial charge is 0.508 e. The molecule has 10 N–H and O–H groups in total. The zero-order chi connectivity index (χ0) is 87.1. The van der Waals surface area contributed by atoms with Crippen molar-refractivity contribution in [1.82, 2.24) is 35.9 Å². The molecule has 0 aliphatic heterocycles. The molecule has 0 unspecified atom stereocenters. The van der Waals surface area contributed by atoms with Crippen LogP contribution in [0.2, 0.25) is 0 Å². The minimum atomic E-state index is -0.513. The highest BCUT2D eigenvalue weighted by Gasteiger charge is 2.18. The van der Waals surface area contributed by atoms with E-state index in [1.54, 1.807) is 23.5 Å². The molecular weight excluding hydrogens is 1670 g/mol. The smallest absolute Gasteiger partial charge is 0.407 e. The summed E-state index contributed by atoms with van der Waals surface area (Å²) in [7, 11) is 0. The lowest BCUT2D eigenvalue weighted by Crippen LogP contribution is -2.34. The molecule has 0 saturated carbocycles. The standard InChI is InChI=1S/C24H25N3OS.C23H27N3O3.C18H19N3O.C16H14N2O.C7H14BrNO2.C6H6OS.CH2Cl2/c1-17-10-13-29-24(17)16-25-11-12-28-20-7-5-6-19(15-20)27-23-14-18(2)26-22-9-4-3-8-21(22)23;1-16-14-21(19-10-5-6-11-20(19)25-16)26-17-8-7-9-18(15-17)28-13-12-24-22(27)29-23(2,3)4;1-13-11-18(16-7-2-3-8-17(16)20-13)21-14-5-4-6-15(12-14)22-10-9-19;1-11-9-16(14-7-2-3-8-15(14)17-11)18-12-5-4-6-13(19)10-12;1-7(2,3)11-6(10)9-5-4-8;1-5-2-3-8-6(5)4-7;2-1-3/h3-10,13-15,25H,11-12,16H2,1-2H3,(H,26,27);5-11,14-15H,12-13H2,1-4H3,(H,24,27)(H,25,26);2-8,11-12H,9-10,19H2,1H3,(H,20,21);2-10,19H,1H3,(H,17,18);4-5H2,1-3H3,(H,9,10);2-4H,1H3;1H2. The van der Waals surface area contributed by atoms with Gasteiger partial charge in [0.25, 0.3) is 0 Å². The third-order valence-corrected chi connectivity index (χ3v) is 19.2. The fourth-order valence-electron chi connectivity index (χ4n) is 11.7. The molecule has 0 aliphatic rings. The number of aldehydes is 1. The van der Waals surface area contributed by atoms with Gasteiger partial charge in [-0.15, -0.1) is 45.9 Å². The summed E-state index contributed by atoms with van der Waals surface area (Å²) in [5.41, 5.74) is 22.6. The number of halogens is 3. The number of phenolic OH excluding ortho intramolecular Hbond substituents is 1. The summed E-state index contributed by atoms with van der Waals surface area (Å²) in [5, 5.41) is 41.3. The molecule has 2 amide bonds. The van der Waals surface area contributed by atoms with Crippen LogP contribution in [0.15, 0.2) is 241 Å². The van der Waals surface area contributed by atoms with Crippen molar-refractivity contribution < 1.29 is 43.2 Å². The average molecular weight is 1780 g/mol. The van der Waals surface area contributed by atoms with Gasteiger partial charge in [-0.05, 0) is 214 Å². The second-order valence-electron chi connectivity index (χ2n) is 29.2. The minimum Gasteiger partial charge on any atom is -0.508 e. The Hall–Kier alpha value is -11.6. The van der Waals surface area contributed by atoms with Gasteiger partial charge >= 0.3 is 12.2 Å². The molecule has 14 rings (SSSR count). The molecule has 0 saturated heterocycles. The Balaban J connectivity index is 0.000000187. The first-order valence-electron chi connectivity index (χ1n) is 39.2. The van der Waals surface area contributed by atoms with E-state index in [1.165, 1.54) is 21.8 Å². The Morgan fingerprint density at radius 2 is 0.793 bits per heavy atom. The number of fused-ring (bicyclic) bond motifs is 4. The number of aryl methyl sites for hydroxylation is 6. The fraction of sp³-hybridized carbons (Fsp3) is 0.253. The van der Waals surface area contributed by atoms with E-state index < -0.39 is 17.3 Å². The highest BCUT2D eigenvalue weighted by molar-refractivity contribution is 9.09. The van der Waals surface area contributed by atoms with E-state index in [4.69, 9.17) is 52.6 Å². The molecule has 21 nitrogen and oxygen atoms in total. The van der Waals surface area contributed by atoms with Crippen LogP contribution >= 0.6 is 61.8 Å². The number of hydrogen-bond donors (Lipinski definition) is 9. The maximum absolute atomic E-state index is 11.7. The molecule has 8 aromatic carbocycles. The van der Waals surface area contributed by atoms with E-state index >= 15 is 0 Å². The number of para-hydroxylation sites is 4. The van der Waals surface area contributed by atoms with Crippen LogP contribution in [-0.2, 0) is 16.0 Å². The van der Waals surface area contributed by atoms with Crippen molar-refractivity contribution in [3.05, 3.63) is 285 Å². The summed E-state index contributed by atoms with van der Waals surface area (Å²) < 4.78 is 27.4. The summed E-state index contributed by atoms with van der Waals surface area (Å²) >= 11 is 16.0. The molecule has 0 atom stereocenters. The van der Waals surface area contributed by atoms with Crippen molar-refractivity contribution in [2.45, 2.75) is 101 Å². The van der Waals surface area contributed by atoms with E-state index in [9.17, 15) is 19.5 Å². The topological polar surface area (TPSA) is 279 Å². The van der Waals surface area contributed by atoms with Crippen molar-refractivity contribution >= 4 is 169 Å². The monoisotopic (exact) mass is 1770 g/mol. The molecule has 26 heteroatoms. The van der Waals surface area contributed by atoms with Crippen molar-refractivity contribution in [1.29, 1.82) is 0 Å². The second kappa shape index (κ2) is 49.2. The van der Waals surface area contributed by atoms with Gasteiger partial charge in [-0.3, -0.25) is 24.7 Å². The molecule has 0 radical (unpaired) electrons. The molecule has 0 aliphatic carbocycles. The van der Waals surface area contributed by atoms with E-state index in [-0.39, 0.29) is 17.2 Å². The number of pyridine rings is 4. The molecule has 634 valence electrons. The van der Waals surface area contributed by atoms with E-state index in [1.807, 2.05) is 264 Å². The highest BCUT2D eigenvalue weighted by atomic mass is 79.9. The average Bonchev–Trinajstić information content (AvgIpc) is 1.11. The Labute approximate surface area is 735 Å². The third-order valence-electron chi connectivity index (χ3n) is 16.8. The lowest BCUT2D eigenvalue weighted by Gasteiger charge is -2.19. The number of thiophene rings is 2. The number of alkyl carbamates (subject to hydrolysis) is 2. The highest BCUT2D eigenvalue weighted by Crippen LogP contribution is 2.33. The summed E-state index contributed by atoms with van der Waals surface area (Å²) in [4.78, 5) is 53.1. The van der Waals surface area contributed by atoms with Gasteiger partial charge in [0.2, 0.25) is 0 Å². The molecule has 6 heterocycles. The maximum Gasteiger partial charge on any atom is 0.407 e. The number of rotatable bonds is 24. The van der Waals surface area contributed by atoms with Gasteiger partial charge in [-0.1, -0.05) is 113 Å². The quantitative estimate of drug-likeness (QED) is 0.0154. The number of amides is 2. The van der Waals surface area contributed by atoms with Crippen molar-refractivity contribution in [3.63, 3.8) is 0 Å². The van der Waals surface area contributed by atoms with Crippen LogP contribution in [0.4, 0.5) is 55.1 Å². The van der Waals surface area contributed by atoms with E-state index in [0.717, 1.165) is 164 Å². The summed E-state index contributed by atoms with van der Waals surface area (Å²) in [6.45, 7) is 27.7. The van der Waals surface area contributed by atoms with Crippen molar-refractivity contribution in [2.24, 2.45) is 5.73 Å². The number of ether oxygens (including phenoxy) is 5. The van der Waals surface area contributed by atoms with Gasteiger partial charge in [0.1, 0.15) is 54.0 Å². The molecule has 0 bridgehead atoms. The number of carbonyl (C=O) groups excluding carboxylic acids is 3. The molecule has 121 heavy (non-hydrogen) atoms. The number of aromatic nitrogens is 4. The summed E-state index contributed by atoms with van der Waals surface area (Å²) in [6.07, 6.45) is 0.0772. The Bertz CT molecular complexity index is 5610. The Kier molecular flexibility index (Phi) is 38.6. The second-order valence-corrected chi connectivity index (χ2v) is 32.8. The lowest BCUT2D eigenvalue weighted by atomic mass is 10.1. The maximum atomic E-state index is 11.7. The molecule has 14 aromatic rings. The number of nitrogens with one attached hydrogen (secondary N) is 7. The number of phenols is 1. The molecule has 0 spiro atoms. The van der Waals surface area contributed by atoms with Crippen LogP contribution in [0.5, 0.6) is 23.0 Å². The molecule has 0 fully saturated rings. The van der Waals surface area contributed by atoms with Gasteiger partial charge in [-0.25, -0.2) is 9.59 Å². The number of benzene rings is 8. The van der Waals surface area contributed by atoms with Gasteiger partial charge in [0.05, 0.1) is 38.8 Å². The fourth-order valence-corrected chi connectivity index (χ4v) is 13.5. The number of aromatic hydroxyl groups is 1. The van der Waals surface area contributed by atoms with Crippen LogP contribution in [0.3, 0.4) is 0 Å². The number of hydrogen-bond acceptors (Lipinski definition) is 21. The number of nitrogens with two attached hydrogens (primary N) is 1. The zero-order valence-corrected chi connectivity index (χ0v) is 75.0. The van der Waals surface area contributed by atoms with Crippen molar-refractivity contribution in [2.75, 3.05) is 77.9 Å². The first-order valence-corrected chi connectivity index (χ1v) is 43.2. The van der Waals surface area contributed by atoms with Crippen LogP contribution in [0.25, 0.3) is 43.6 Å². The van der Waals surface area contributed by atoms with Crippen molar-refractivity contribution in [3.8, 4) is 23.0 Å². The van der Waals surface area contributed by atoms with Gasteiger partial charge < -0.3 is 71.7 Å². The Morgan fingerprint density at radius 3 is 1.12 bits per heavy atom. The SMILES string of the molecule is CC(C)(C)OC(=O)NCCBr.Cc1cc(Nc2cccc(O)c2)c2ccccc2n1.Cc1cc(Nc2cccc(OCCN)c2)c2ccccc2n1.Cc1cc(Nc2cccc(OCCNC(=O)OC(C)(C)C)c2)c2ccccc2n1.Cc1cc(Nc2cccc(OCCNCc3sccc3C)c2)c2ccccc2n1.Cc1ccsc1C=O.ClCCl. The zero-order valence-electron chi connectivity index (χ0n) is 70.3. The predicted molar refractivity (Wildman–Crippen MR) is 506 cm³/mol. The van der Waals surface area contributed by atoms with Gasteiger partial charge in [-0.2, -0.15) is 0 Å². The molecule has 6 aromatic heterocycles. The van der Waals surface area contributed by atoms with Crippen LogP contribution in [-0.4, -0.2) is 111 Å². The summed E-state index contributed by atoms with van der Waals surface area (Å²) in [5.74, 6) is 2.64. The van der Waals surface area contributed by atoms with E-state index in [0.29, 0.717) is 39.5 Å². The van der Waals surface area contributed by atoms with Gasteiger partial charge in [0.15, 0.2) is 6.29 Å². The third kappa shape index (κ3) is 33.5. The van der Waals surface area contributed by atoms with E-state index in [2.05, 4.69) is 122 Å². The minimum absolute atomic E-state index is 0.194. The van der Waals surface area contributed by atoms with Crippen LogP contribution in [0.1, 0.15) is 90.0 Å². The number of nitrogens with zero attached hydrogens (tertiary/aromatic N) is 4. The number of anilines is 8. The normalized spacial score (nSPS) is 10.6. The summed E-state index contributed by atoms with van der Waals surface area (Å²) in [6, 6.07) is 75.4.